The first-order chi connectivity index (χ1) is 16.5. The summed E-state index contributed by atoms with van der Waals surface area (Å²) in [7, 11) is -3.72. The zero-order valence-electron chi connectivity index (χ0n) is 18.0. The average Bonchev–Trinajstić information content (AvgIpc) is 3.47. The topological polar surface area (TPSA) is 157 Å². The van der Waals surface area contributed by atoms with E-state index in [-0.39, 0.29) is 23.6 Å². The number of fused-ring (bicyclic) bond motifs is 1. The Morgan fingerprint density at radius 3 is 2.91 bits per heavy atom. The van der Waals surface area contributed by atoms with E-state index >= 15 is 0 Å². The number of aromatic nitrogens is 3. The van der Waals surface area contributed by atoms with Crippen LogP contribution in [-0.2, 0) is 16.4 Å². The molecule has 0 aliphatic heterocycles. The third-order valence-corrected chi connectivity index (χ3v) is 7.34. The van der Waals surface area contributed by atoms with Crippen LogP contribution in [0.4, 0.5) is 5.69 Å². The number of aliphatic hydroxyl groups is 1. The predicted octanol–water partition coefficient (Wildman–Crippen LogP) is 2.55. The van der Waals surface area contributed by atoms with Crippen LogP contribution in [0.25, 0.3) is 22.5 Å². The third kappa shape index (κ3) is 4.26. The van der Waals surface area contributed by atoms with Crippen molar-refractivity contribution in [1.82, 2.24) is 19.7 Å². The average molecular weight is 479 g/mol. The molecule has 1 aliphatic carbocycles. The lowest BCUT2D eigenvalue weighted by Gasteiger charge is -2.37. The van der Waals surface area contributed by atoms with Crippen molar-refractivity contribution in [2.75, 3.05) is 11.9 Å². The minimum atomic E-state index is -3.72. The molecule has 1 aromatic carbocycles. The molecule has 34 heavy (non-hydrogen) atoms. The molecular weight excluding hydrogens is 456 g/mol. The number of aromatic amines is 1. The van der Waals surface area contributed by atoms with E-state index in [0.29, 0.717) is 47.6 Å². The standard InChI is InChI=1S/C23H22N6O4S/c24-11-14-2-1-3-18(8-14)34(31,32)29-17-9-16(10-17)27-21-19-4-6-25-22(19)26-12-20(21)23-28-15(5-7-30)13-33-23/h1-4,6,8,12-13,16-17,29-30H,5,7,9-10H2,(H2,25,26,27)/t16-,17+. The number of oxazole rings is 1. The second-order valence-electron chi connectivity index (χ2n) is 8.17. The van der Waals surface area contributed by atoms with Crippen molar-refractivity contribution < 1.29 is 17.9 Å². The molecule has 4 aromatic rings. The van der Waals surface area contributed by atoms with Gasteiger partial charge < -0.3 is 19.8 Å². The van der Waals surface area contributed by atoms with Gasteiger partial charge in [-0.2, -0.15) is 5.26 Å². The van der Waals surface area contributed by atoms with E-state index in [1.165, 1.54) is 18.4 Å². The van der Waals surface area contributed by atoms with Crippen LogP contribution in [0.1, 0.15) is 24.1 Å². The highest BCUT2D eigenvalue weighted by Gasteiger charge is 2.34. The van der Waals surface area contributed by atoms with Gasteiger partial charge in [-0.15, -0.1) is 0 Å². The lowest BCUT2D eigenvalue weighted by molar-refractivity contribution is 0.298. The molecule has 4 N–H and O–H groups in total. The van der Waals surface area contributed by atoms with E-state index in [9.17, 15) is 8.42 Å². The van der Waals surface area contributed by atoms with E-state index in [1.807, 2.05) is 12.1 Å². The number of benzene rings is 1. The van der Waals surface area contributed by atoms with Gasteiger partial charge in [0.25, 0.3) is 0 Å². The Morgan fingerprint density at radius 2 is 2.12 bits per heavy atom. The summed E-state index contributed by atoms with van der Waals surface area (Å²) in [5, 5.41) is 22.6. The SMILES string of the molecule is N#Cc1cccc(S(=O)(=O)N[C@H]2C[C@@H](Nc3c(-c4nc(CCO)co4)cnc4[nH]ccc34)C2)c1. The monoisotopic (exact) mass is 478 g/mol. The Bertz CT molecular complexity index is 1480. The molecule has 11 heteroatoms. The predicted molar refractivity (Wildman–Crippen MR) is 124 cm³/mol. The van der Waals surface area contributed by atoms with Crippen molar-refractivity contribution in [3.05, 3.63) is 60.2 Å². The molecule has 0 amide bonds. The van der Waals surface area contributed by atoms with Gasteiger partial charge in [0.15, 0.2) is 0 Å². The largest absolute Gasteiger partial charge is 0.444 e. The van der Waals surface area contributed by atoms with Crippen LogP contribution >= 0.6 is 0 Å². The molecule has 3 heterocycles. The number of hydrogen-bond donors (Lipinski definition) is 4. The highest BCUT2D eigenvalue weighted by atomic mass is 32.2. The fourth-order valence-electron chi connectivity index (χ4n) is 4.04. The smallest absolute Gasteiger partial charge is 0.240 e. The summed E-state index contributed by atoms with van der Waals surface area (Å²) in [6.45, 7) is -0.0215. The highest BCUT2D eigenvalue weighted by Crippen LogP contribution is 2.36. The van der Waals surface area contributed by atoms with Gasteiger partial charge in [0.2, 0.25) is 15.9 Å². The Kier molecular flexibility index (Phi) is 5.79. The van der Waals surface area contributed by atoms with Crippen molar-refractivity contribution in [2.24, 2.45) is 0 Å². The van der Waals surface area contributed by atoms with Crippen molar-refractivity contribution in [2.45, 2.75) is 36.2 Å². The van der Waals surface area contributed by atoms with Crippen LogP contribution in [0.3, 0.4) is 0 Å². The molecule has 5 rings (SSSR count). The van der Waals surface area contributed by atoms with Crippen LogP contribution in [0.5, 0.6) is 0 Å². The van der Waals surface area contributed by atoms with E-state index in [2.05, 4.69) is 25.0 Å². The molecule has 1 fully saturated rings. The third-order valence-electron chi connectivity index (χ3n) is 5.82. The van der Waals surface area contributed by atoms with Crippen LogP contribution < -0.4 is 10.0 Å². The molecule has 0 atom stereocenters. The summed E-state index contributed by atoms with van der Waals surface area (Å²) < 4.78 is 33.8. The van der Waals surface area contributed by atoms with Crippen molar-refractivity contribution in [3.63, 3.8) is 0 Å². The second kappa shape index (κ2) is 8.90. The number of nitrogens with one attached hydrogen (secondary N) is 3. The van der Waals surface area contributed by atoms with Gasteiger partial charge in [-0.05, 0) is 37.1 Å². The van der Waals surface area contributed by atoms with Crippen LogP contribution in [0, 0.1) is 11.3 Å². The Morgan fingerprint density at radius 1 is 1.26 bits per heavy atom. The maximum absolute atomic E-state index is 12.7. The van der Waals surface area contributed by atoms with Crippen LogP contribution in [-0.4, -0.2) is 47.2 Å². The summed E-state index contributed by atoms with van der Waals surface area (Å²) in [5.41, 5.74) is 3.15. The maximum atomic E-state index is 12.7. The number of hydrogen-bond acceptors (Lipinski definition) is 8. The molecular formula is C23H22N6O4S. The molecule has 0 radical (unpaired) electrons. The van der Waals surface area contributed by atoms with Crippen molar-refractivity contribution in [3.8, 4) is 17.5 Å². The van der Waals surface area contributed by atoms with Gasteiger partial charge in [0.05, 0.1) is 33.5 Å². The molecule has 174 valence electrons. The molecule has 1 saturated carbocycles. The summed E-state index contributed by atoms with van der Waals surface area (Å²) in [5.74, 6) is 0.399. The first-order valence-electron chi connectivity index (χ1n) is 10.8. The summed E-state index contributed by atoms with van der Waals surface area (Å²) >= 11 is 0. The Balaban J connectivity index is 1.32. The molecule has 10 nitrogen and oxygen atoms in total. The molecule has 0 unspecified atom stereocenters. The molecule has 1 aliphatic rings. The lowest BCUT2D eigenvalue weighted by Crippen LogP contribution is -2.49. The molecule has 0 spiro atoms. The number of anilines is 1. The number of sulfonamides is 1. The van der Waals surface area contributed by atoms with Gasteiger partial charge in [-0.25, -0.2) is 23.1 Å². The molecule has 0 bridgehead atoms. The highest BCUT2D eigenvalue weighted by molar-refractivity contribution is 7.89. The first-order valence-corrected chi connectivity index (χ1v) is 12.3. The van der Waals surface area contributed by atoms with Gasteiger partial charge in [0, 0.05) is 42.9 Å². The number of aliphatic hydroxyl groups excluding tert-OH is 1. The number of H-pyrrole nitrogens is 1. The van der Waals surface area contributed by atoms with Crippen LogP contribution in [0.2, 0.25) is 0 Å². The number of pyridine rings is 1. The van der Waals surface area contributed by atoms with E-state index < -0.39 is 10.0 Å². The van der Waals surface area contributed by atoms with Gasteiger partial charge in [0.1, 0.15) is 11.9 Å². The summed E-state index contributed by atoms with van der Waals surface area (Å²) in [6, 6.07) is 9.64. The Labute approximate surface area is 195 Å². The Hall–Kier alpha value is -3.72. The minimum absolute atomic E-state index is 0.0215. The van der Waals surface area contributed by atoms with E-state index in [1.54, 1.807) is 24.5 Å². The number of nitrogens with zero attached hydrogens (tertiary/aromatic N) is 3. The second-order valence-corrected chi connectivity index (χ2v) is 9.89. The molecule has 0 saturated heterocycles. The quantitative estimate of drug-likeness (QED) is 0.301. The minimum Gasteiger partial charge on any atom is -0.444 e. The summed E-state index contributed by atoms with van der Waals surface area (Å²) in [4.78, 5) is 12.1. The van der Waals surface area contributed by atoms with Gasteiger partial charge in [-0.3, -0.25) is 0 Å². The molecule has 3 aromatic heterocycles. The normalized spacial score (nSPS) is 17.9. The van der Waals surface area contributed by atoms with E-state index in [0.717, 1.165) is 11.1 Å². The van der Waals surface area contributed by atoms with E-state index in [4.69, 9.17) is 14.8 Å². The maximum Gasteiger partial charge on any atom is 0.240 e. The first kappa shape index (κ1) is 22.1. The lowest BCUT2D eigenvalue weighted by atomic mass is 9.87. The summed E-state index contributed by atoms with van der Waals surface area (Å²) in [6.07, 6.45) is 6.57. The van der Waals surface area contributed by atoms with Crippen LogP contribution in [0.15, 0.2) is 58.3 Å². The number of nitriles is 1. The fourth-order valence-corrected chi connectivity index (χ4v) is 5.35. The van der Waals surface area contributed by atoms with Gasteiger partial charge >= 0.3 is 0 Å². The fraction of sp³-hybridized carbons (Fsp3) is 0.261. The van der Waals surface area contributed by atoms with Gasteiger partial charge in [-0.1, -0.05) is 6.07 Å². The van der Waals surface area contributed by atoms with Crippen molar-refractivity contribution in [1.29, 1.82) is 5.26 Å². The zero-order chi connectivity index (χ0) is 23.7. The van der Waals surface area contributed by atoms with Crippen molar-refractivity contribution >= 4 is 26.7 Å². The number of rotatable bonds is 8. The zero-order valence-corrected chi connectivity index (χ0v) is 18.8.